The minimum atomic E-state index is 0.575. The normalized spacial score (nSPS) is 16.3. The highest BCUT2D eigenvalue weighted by atomic mass is 16.4. The number of hydrogen-bond acceptors (Lipinski definition) is 3. The molecule has 0 atom stereocenters. The van der Waals surface area contributed by atoms with Gasteiger partial charge >= 0.3 is 0 Å². The summed E-state index contributed by atoms with van der Waals surface area (Å²) in [6.07, 6.45) is 3.58. The van der Waals surface area contributed by atoms with E-state index in [1.807, 2.05) is 20.9 Å². The molecule has 1 fully saturated rings. The number of aliphatic imine (C=N–C) groups is 1. The smallest absolute Gasteiger partial charge is 0.214 e. The van der Waals surface area contributed by atoms with Crippen LogP contribution < -0.4 is 5.32 Å². The van der Waals surface area contributed by atoms with E-state index >= 15 is 0 Å². The molecule has 2 aromatic rings. The maximum Gasteiger partial charge on any atom is 0.214 e. The van der Waals surface area contributed by atoms with Crippen LogP contribution in [0.4, 0.5) is 0 Å². The summed E-state index contributed by atoms with van der Waals surface area (Å²) in [4.78, 5) is 11.2. The van der Waals surface area contributed by atoms with Gasteiger partial charge in [-0.15, -0.1) is 0 Å². The Morgan fingerprint density at radius 1 is 1.24 bits per heavy atom. The fourth-order valence-electron chi connectivity index (χ4n) is 3.40. The first-order chi connectivity index (χ1) is 12.2. The van der Waals surface area contributed by atoms with Crippen molar-refractivity contribution < 1.29 is 4.42 Å². The lowest BCUT2D eigenvalue weighted by Crippen LogP contribution is -2.45. The molecule has 2 heterocycles. The van der Waals surface area contributed by atoms with Gasteiger partial charge in [0.05, 0.1) is 12.2 Å². The molecule has 0 amide bonds. The van der Waals surface area contributed by atoms with Crippen LogP contribution in [0.25, 0.3) is 0 Å². The van der Waals surface area contributed by atoms with Gasteiger partial charge in [0.15, 0.2) is 5.96 Å². The largest absolute Gasteiger partial charge is 0.444 e. The molecule has 1 saturated heterocycles. The molecule has 25 heavy (non-hydrogen) atoms. The lowest BCUT2D eigenvalue weighted by molar-refractivity contribution is 0.258. The fraction of sp³-hybridized carbons (Fsp3) is 0.500. The van der Waals surface area contributed by atoms with Crippen LogP contribution in [-0.4, -0.2) is 36.0 Å². The molecule has 134 valence electrons. The number of aromatic nitrogens is 1. The number of hydrogen-bond donors (Lipinski definition) is 1. The van der Waals surface area contributed by atoms with E-state index < -0.39 is 0 Å². The van der Waals surface area contributed by atoms with Gasteiger partial charge < -0.3 is 14.6 Å². The minimum absolute atomic E-state index is 0.575. The summed E-state index contributed by atoms with van der Waals surface area (Å²) < 4.78 is 5.63. The Bertz CT molecular complexity index is 680. The molecule has 0 radical (unpaired) electrons. The van der Waals surface area contributed by atoms with Crippen LogP contribution in [0.1, 0.15) is 35.7 Å². The molecule has 0 bridgehead atoms. The highest BCUT2D eigenvalue weighted by Gasteiger charge is 2.22. The Hall–Kier alpha value is -2.30. The summed E-state index contributed by atoms with van der Waals surface area (Å²) >= 11 is 0. The van der Waals surface area contributed by atoms with Crippen molar-refractivity contribution in [3.8, 4) is 0 Å². The van der Waals surface area contributed by atoms with Gasteiger partial charge in [0.25, 0.3) is 0 Å². The van der Waals surface area contributed by atoms with Crippen LogP contribution in [0.2, 0.25) is 0 Å². The van der Waals surface area contributed by atoms with Gasteiger partial charge in [0, 0.05) is 20.1 Å². The topological polar surface area (TPSA) is 53.7 Å². The van der Waals surface area contributed by atoms with E-state index in [0.29, 0.717) is 6.54 Å². The number of likely N-dealkylation sites (tertiary alicyclic amines) is 1. The van der Waals surface area contributed by atoms with E-state index in [9.17, 15) is 0 Å². The number of nitrogens with one attached hydrogen (secondary N) is 1. The van der Waals surface area contributed by atoms with Crippen LogP contribution >= 0.6 is 0 Å². The second-order valence-corrected chi connectivity index (χ2v) is 6.77. The third-order valence-electron chi connectivity index (χ3n) is 4.96. The monoisotopic (exact) mass is 340 g/mol. The molecule has 0 spiro atoms. The maximum absolute atomic E-state index is 5.63. The predicted molar refractivity (Wildman–Crippen MR) is 101 cm³/mol. The highest BCUT2D eigenvalue weighted by molar-refractivity contribution is 5.79. The van der Waals surface area contributed by atoms with E-state index in [1.165, 1.54) is 24.8 Å². The van der Waals surface area contributed by atoms with Crippen LogP contribution in [-0.2, 0) is 13.0 Å². The Morgan fingerprint density at radius 3 is 2.56 bits per heavy atom. The minimum Gasteiger partial charge on any atom is -0.444 e. The summed E-state index contributed by atoms with van der Waals surface area (Å²) in [5, 5.41) is 3.38. The standard InChI is InChI=1S/C20H28N4O/c1-15-16(2)25-19(23-15)14-22-20(21-3)24-11-9-18(10-12-24)13-17-7-5-4-6-8-17/h4-8,18H,9-14H2,1-3H3,(H,21,22). The zero-order valence-corrected chi connectivity index (χ0v) is 15.5. The van der Waals surface area contributed by atoms with Gasteiger partial charge in [0.1, 0.15) is 5.76 Å². The molecule has 1 N–H and O–H groups in total. The van der Waals surface area contributed by atoms with Crippen molar-refractivity contribution >= 4 is 5.96 Å². The average molecular weight is 340 g/mol. The highest BCUT2D eigenvalue weighted by Crippen LogP contribution is 2.21. The molecule has 3 rings (SSSR count). The van der Waals surface area contributed by atoms with Crippen molar-refractivity contribution in [2.45, 2.75) is 39.7 Å². The van der Waals surface area contributed by atoms with E-state index in [1.54, 1.807) is 0 Å². The molecule has 1 aromatic heterocycles. The van der Waals surface area contributed by atoms with Gasteiger partial charge in [-0.05, 0) is 44.6 Å². The maximum atomic E-state index is 5.63. The van der Waals surface area contributed by atoms with Crippen LogP contribution in [0.3, 0.4) is 0 Å². The predicted octanol–water partition coefficient (Wildman–Crippen LogP) is 3.32. The first-order valence-electron chi connectivity index (χ1n) is 9.08. The Labute approximate surface area is 150 Å². The van der Waals surface area contributed by atoms with E-state index in [2.05, 4.69) is 50.5 Å². The molecule has 0 aliphatic carbocycles. The van der Waals surface area contributed by atoms with Crippen LogP contribution in [0.5, 0.6) is 0 Å². The van der Waals surface area contributed by atoms with Gasteiger partial charge in [-0.2, -0.15) is 0 Å². The first kappa shape index (κ1) is 17.5. The number of rotatable bonds is 4. The van der Waals surface area contributed by atoms with Gasteiger partial charge in [-0.25, -0.2) is 4.98 Å². The molecule has 0 unspecified atom stereocenters. The van der Waals surface area contributed by atoms with Crippen LogP contribution in [0, 0.1) is 19.8 Å². The van der Waals surface area contributed by atoms with Crippen molar-refractivity contribution in [2.24, 2.45) is 10.9 Å². The Morgan fingerprint density at radius 2 is 1.96 bits per heavy atom. The lowest BCUT2D eigenvalue weighted by Gasteiger charge is -2.34. The van der Waals surface area contributed by atoms with Crippen molar-refractivity contribution in [3.63, 3.8) is 0 Å². The number of nitrogens with zero attached hydrogens (tertiary/aromatic N) is 3. The number of guanidine groups is 1. The number of aryl methyl sites for hydroxylation is 2. The van der Waals surface area contributed by atoms with Gasteiger partial charge in [-0.1, -0.05) is 30.3 Å². The quantitative estimate of drug-likeness (QED) is 0.685. The molecular weight excluding hydrogens is 312 g/mol. The molecular formula is C20H28N4O. The van der Waals surface area contributed by atoms with Gasteiger partial charge in [-0.3, -0.25) is 4.99 Å². The van der Waals surface area contributed by atoms with E-state index in [-0.39, 0.29) is 0 Å². The Balaban J connectivity index is 1.48. The third kappa shape index (κ3) is 4.62. The van der Waals surface area contributed by atoms with Crippen LogP contribution in [0.15, 0.2) is 39.7 Å². The summed E-state index contributed by atoms with van der Waals surface area (Å²) in [6, 6.07) is 10.8. The van der Waals surface area contributed by atoms with Crippen molar-refractivity contribution in [2.75, 3.05) is 20.1 Å². The third-order valence-corrected chi connectivity index (χ3v) is 4.96. The van der Waals surface area contributed by atoms with E-state index in [0.717, 1.165) is 42.3 Å². The summed E-state index contributed by atoms with van der Waals surface area (Å²) in [5.74, 6) is 3.30. The van der Waals surface area contributed by atoms with E-state index in [4.69, 9.17) is 4.42 Å². The Kier molecular flexibility index (Phi) is 5.74. The molecule has 1 aliphatic rings. The average Bonchev–Trinajstić information content (AvgIpc) is 2.95. The molecule has 5 nitrogen and oxygen atoms in total. The molecule has 1 aromatic carbocycles. The van der Waals surface area contributed by atoms with Crippen molar-refractivity contribution in [1.82, 2.24) is 15.2 Å². The van der Waals surface area contributed by atoms with Gasteiger partial charge in [0.2, 0.25) is 5.89 Å². The number of benzene rings is 1. The zero-order chi connectivity index (χ0) is 17.6. The zero-order valence-electron chi connectivity index (χ0n) is 15.5. The summed E-state index contributed by atoms with van der Waals surface area (Å²) in [6.45, 7) is 6.57. The number of oxazole rings is 1. The van der Waals surface area contributed by atoms with Crippen molar-refractivity contribution in [3.05, 3.63) is 53.2 Å². The molecule has 0 saturated carbocycles. The summed E-state index contributed by atoms with van der Waals surface area (Å²) in [7, 11) is 1.84. The lowest BCUT2D eigenvalue weighted by atomic mass is 9.90. The first-order valence-corrected chi connectivity index (χ1v) is 9.08. The fourth-order valence-corrected chi connectivity index (χ4v) is 3.40. The second kappa shape index (κ2) is 8.19. The molecule has 1 aliphatic heterocycles. The summed E-state index contributed by atoms with van der Waals surface area (Å²) in [5.41, 5.74) is 2.40. The SMILES string of the molecule is CN=C(NCc1nc(C)c(C)o1)N1CCC(Cc2ccccc2)CC1. The molecule has 5 heteroatoms. The van der Waals surface area contributed by atoms with Crippen molar-refractivity contribution in [1.29, 1.82) is 0 Å². The second-order valence-electron chi connectivity index (χ2n) is 6.77. The number of piperidine rings is 1.